The molecule has 0 bridgehead atoms. The largest absolute Gasteiger partial charge is 0.334 e. The zero-order chi connectivity index (χ0) is 20.5. The van der Waals surface area contributed by atoms with E-state index in [-0.39, 0.29) is 18.0 Å². The lowest BCUT2D eigenvalue weighted by molar-refractivity contribution is -0.143. The number of carbonyl (C=O) groups is 4. The van der Waals surface area contributed by atoms with Crippen molar-refractivity contribution in [3.8, 4) is 0 Å². The summed E-state index contributed by atoms with van der Waals surface area (Å²) in [6.45, 7) is 3.14. The average molecular weight is 395 g/mol. The molecule has 0 spiro atoms. The van der Waals surface area contributed by atoms with Gasteiger partial charge in [-0.1, -0.05) is 13.8 Å². The van der Waals surface area contributed by atoms with Gasteiger partial charge in [0.1, 0.15) is 0 Å². The Bertz CT molecular complexity index is 892. The molecule has 0 radical (unpaired) electrons. The van der Waals surface area contributed by atoms with Crippen molar-refractivity contribution in [3.05, 3.63) is 29.8 Å². The normalized spacial score (nSPS) is 15.1. The Morgan fingerprint density at radius 2 is 1.56 bits per heavy atom. The van der Waals surface area contributed by atoms with E-state index >= 15 is 0 Å². The van der Waals surface area contributed by atoms with Gasteiger partial charge in [0.2, 0.25) is 10.0 Å². The van der Waals surface area contributed by atoms with Gasteiger partial charge in [0.25, 0.3) is 0 Å². The highest BCUT2D eigenvalue weighted by molar-refractivity contribution is 7.92. The number of hydrogen-bond acceptors (Lipinski definition) is 6. The van der Waals surface area contributed by atoms with E-state index in [1.54, 1.807) is 13.8 Å². The van der Waals surface area contributed by atoms with Crippen LogP contribution in [0.5, 0.6) is 0 Å². The Balaban J connectivity index is 2.14. The molecule has 1 aromatic rings. The number of hydrogen-bond donors (Lipinski definition) is 0. The second kappa shape index (κ2) is 7.47. The van der Waals surface area contributed by atoms with Gasteiger partial charge in [0.05, 0.1) is 18.5 Å². The molecule has 1 aliphatic rings. The zero-order valence-corrected chi connectivity index (χ0v) is 16.3. The lowest BCUT2D eigenvalue weighted by Crippen LogP contribution is -2.38. The number of nitrogens with zero attached hydrogens (tertiary/aromatic N) is 3. The molecule has 1 saturated heterocycles. The molecule has 27 heavy (non-hydrogen) atoms. The number of ketones is 1. The molecule has 0 unspecified atom stereocenters. The molecule has 146 valence electrons. The highest BCUT2D eigenvalue weighted by Gasteiger charge is 2.45. The monoisotopic (exact) mass is 395 g/mol. The number of benzene rings is 1. The Hall–Kier alpha value is -2.75. The van der Waals surface area contributed by atoms with Crippen LogP contribution in [0.15, 0.2) is 24.3 Å². The maximum absolute atomic E-state index is 12.4. The van der Waals surface area contributed by atoms with E-state index in [2.05, 4.69) is 0 Å². The lowest BCUT2D eigenvalue weighted by Gasteiger charge is -2.17. The van der Waals surface area contributed by atoms with Crippen molar-refractivity contribution >= 4 is 39.3 Å². The topological polar surface area (TPSA) is 112 Å². The molecule has 0 N–H and O–H groups in total. The summed E-state index contributed by atoms with van der Waals surface area (Å²) in [4.78, 5) is 50.1. The third kappa shape index (κ3) is 4.33. The van der Waals surface area contributed by atoms with E-state index in [4.69, 9.17) is 0 Å². The summed E-state index contributed by atoms with van der Waals surface area (Å²) in [5.41, 5.74) is 0.552. The van der Waals surface area contributed by atoms with Gasteiger partial charge in [-0.25, -0.2) is 18.1 Å². The standard InChI is InChI=1S/C17H21N3O6S/c1-11(2)9-19-15(22)16(23)20(17(19)24)10-14(21)12-5-7-13(8-6-12)18(3)27(4,25)26/h5-8,11H,9-10H2,1-4H3. The Labute approximate surface area is 157 Å². The quantitative estimate of drug-likeness (QED) is 0.382. The second-order valence-corrected chi connectivity index (χ2v) is 8.70. The average Bonchev–Trinajstić information content (AvgIpc) is 2.78. The first-order chi connectivity index (χ1) is 12.4. The number of carbonyl (C=O) groups excluding carboxylic acids is 4. The van der Waals surface area contributed by atoms with E-state index in [1.165, 1.54) is 31.3 Å². The van der Waals surface area contributed by atoms with Crippen LogP contribution in [0.25, 0.3) is 0 Å². The Morgan fingerprint density at radius 1 is 1.04 bits per heavy atom. The maximum Gasteiger partial charge on any atom is 0.334 e. The van der Waals surface area contributed by atoms with Crippen molar-refractivity contribution in [2.24, 2.45) is 5.92 Å². The first-order valence-corrected chi connectivity index (χ1v) is 10.0. The third-order valence-corrected chi connectivity index (χ3v) is 5.24. The molecule has 1 heterocycles. The molecule has 10 heteroatoms. The number of imide groups is 2. The minimum Gasteiger partial charge on any atom is -0.292 e. The zero-order valence-electron chi connectivity index (χ0n) is 15.5. The summed E-state index contributed by atoms with van der Waals surface area (Å²) in [6.07, 6.45) is 1.05. The van der Waals surface area contributed by atoms with E-state index in [9.17, 15) is 27.6 Å². The van der Waals surface area contributed by atoms with Gasteiger partial charge < -0.3 is 0 Å². The molecule has 1 aromatic carbocycles. The number of anilines is 1. The predicted molar refractivity (Wildman–Crippen MR) is 97.7 cm³/mol. The van der Waals surface area contributed by atoms with Gasteiger partial charge >= 0.3 is 17.8 Å². The smallest absolute Gasteiger partial charge is 0.292 e. The molecular weight excluding hydrogens is 374 g/mol. The fraction of sp³-hybridized carbons (Fsp3) is 0.412. The molecule has 0 saturated carbocycles. The second-order valence-electron chi connectivity index (χ2n) is 6.68. The van der Waals surface area contributed by atoms with Crippen molar-refractivity contribution < 1.29 is 27.6 Å². The van der Waals surface area contributed by atoms with Crippen LogP contribution in [0.1, 0.15) is 24.2 Å². The van der Waals surface area contributed by atoms with Crippen LogP contribution in [0.3, 0.4) is 0 Å². The summed E-state index contributed by atoms with van der Waals surface area (Å²) in [7, 11) is -2.06. The van der Waals surface area contributed by atoms with Gasteiger partial charge in [-0.3, -0.25) is 23.6 Å². The van der Waals surface area contributed by atoms with Crippen LogP contribution >= 0.6 is 0 Å². The molecular formula is C17H21N3O6S. The molecule has 9 nitrogen and oxygen atoms in total. The fourth-order valence-corrected chi connectivity index (χ4v) is 3.00. The number of rotatable bonds is 7. The van der Waals surface area contributed by atoms with Crippen LogP contribution in [0, 0.1) is 5.92 Å². The summed E-state index contributed by atoms with van der Waals surface area (Å²) in [5.74, 6) is -2.51. The van der Waals surface area contributed by atoms with Crippen molar-refractivity contribution in [1.29, 1.82) is 0 Å². The fourth-order valence-electron chi connectivity index (χ4n) is 2.50. The van der Waals surface area contributed by atoms with Gasteiger partial charge in [0.15, 0.2) is 5.78 Å². The van der Waals surface area contributed by atoms with Gasteiger partial charge in [-0.2, -0.15) is 0 Å². The SMILES string of the molecule is CC(C)CN1C(=O)C(=O)N(CC(=O)c2ccc(N(C)S(C)(=O)=O)cc2)C1=O. The van der Waals surface area contributed by atoms with Crippen molar-refractivity contribution in [2.45, 2.75) is 13.8 Å². The molecule has 1 fully saturated rings. The highest BCUT2D eigenvalue weighted by atomic mass is 32.2. The van der Waals surface area contributed by atoms with Gasteiger partial charge in [-0.05, 0) is 30.2 Å². The van der Waals surface area contributed by atoms with Crippen LogP contribution in [0.2, 0.25) is 0 Å². The molecule has 0 atom stereocenters. The van der Waals surface area contributed by atoms with Crippen LogP contribution in [-0.4, -0.2) is 68.2 Å². The predicted octanol–water partition coefficient (Wildman–Crippen LogP) is 0.712. The van der Waals surface area contributed by atoms with Crippen molar-refractivity contribution in [2.75, 3.05) is 30.7 Å². The minimum absolute atomic E-state index is 0.0132. The first-order valence-electron chi connectivity index (χ1n) is 8.18. The number of sulfonamides is 1. The molecule has 4 amide bonds. The van der Waals surface area contributed by atoms with E-state index in [1.807, 2.05) is 0 Å². The van der Waals surface area contributed by atoms with Crippen LogP contribution in [0.4, 0.5) is 10.5 Å². The minimum atomic E-state index is -3.44. The molecule has 0 aliphatic carbocycles. The lowest BCUT2D eigenvalue weighted by atomic mass is 10.1. The Morgan fingerprint density at radius 3 is 2.04 bits per heavy atom. The van der Waals surface area contributed by atoms with Gasteiger partial charge in [-0.15, -0.1) is 0 Å². The molecule has 1 aliphatic heterocycles. The van der Waals surface area contributed by atoms with E-state index in [0.29, 0.717) is 10.6 Å². The summed E-state index contributed by atoms with van der Waals surface area (Å²) in [5, 5.41) is 0. The summed E-state index contributed by atoms with van der Waals surface area (Å²) in [6, 6.07) is 4.88. The number of amides is 4. The third-order valence-electron chi connectivity index (χ3n) is 4.03. The van der Waals surface area contributed by atoms with E-state index < -0.39 is 40.2 Å². The van der Waals surface area contributed by atoms with Gasteiger partial charge in [0, 0.05) is 19.2 Å². The summed E-state index contributed by atoms with van der Waals surface area (Å²) < 4.78 is 24.1. The maximum atomic E-state index is 12.4. The van der Waals surface area contributed by atoms with Crippen LogP contribution < -0.4 is 4.31 Å². The number of Topliss-reactive ketones (excluding diaryl/α,β-unsaturated/α-hetero) is 1. The molecule has 2 rings (SSSR count). The summed E-state index contributed by atoms with van der Waals surface area (Å²) >= 11 is 0. The van der Waals surface area contributed by atoms with Crippen molar-refractivity contribution in [1.82, 2.24) is 9.80 Å². The first kappa shape index (κ1) is 20.6. The van der Waals surface area contributed by atoms with Crippen LogP contribution in [-0.2, 0) is 19.6 Å². The van der Waals surface area contributed by atoms with E-state index in [0.717, 1.165) is 15.5 Å². The van der Waals surface area contributed by atoms with Crippen molar-refractivity contribution in [3.63, 3.8) is 0 Å². The Kier molecular flexibility index (Phi) is 5.69. The molecule has 0 aromatic heterocycles. The highest BCUT2D eigenvalue weighted by Crippen LogP contribution is 2.18. The number of urea groups is 1.